The summed E-state index contributed by atoms with van der Waals surface area (Å²) in [4.78, 5) is 25.0. The Morgan fingerprint density at radius 3 is 2.52 bits per heavy atom. The molecule has 1 saturated heterocycles. The smallest absolute Gasteiger partial charge is 0.343 e. The van der Waals surface area contributed by atoms with E-state index in [4.69, 9.17) is 14.2 Å². The highest BCUT2D eigenvalue weighted by atomic mass is 79.9. The fraction of sp³-hybridized carbons (Fsp3) is 0.438. The average molecular weight is 610 g/mol. The summed E-state index contributed by atoms with van der Waals surface area (Å²) in [5.74, 6) is 1.59. The number of carbonyl (C=O) groups is 1. The minimum absolute atomic E-state index is 0.0265. The predicted octanol–water partition coefficient (Wildman–Crippen LogP) is 6.80. The molecule has 0 N–H and O–H groups in total. The molecule has 2 fully saturated rings. The van der Waals surface area contributed by atoms with Crippen molar-refractivity contribution in [2.45, 2.75) is 71.1 Å². The van der Waals surface area contributed by atoms with Crippen molar-refractivity contribution in [3.8, 4) is 11.5 Å². The molecule has 2 heterocycles. The standard InChI is InChI=1S/C32H37BrN2O5/c1-4-38-31(37)25-20-34(16-13-28(25)36)35-27(12-15-32(35,2)3)24-18-29(39-17-14-22-10-11-22)30(19-26(24)33)40-21-23-8-6-5-7-9-23/h5-9,13,16,18-20,22,27H,4,10-12,14-15,17,21H2,1-3H3. The van der Waals surface area contributed by atoms with Gasteiger partial charge < -0.3 is 19.2 Å². The van der Waals surface area contributed by atoms with E-state index >= 15 is 0 Å². The molecule has 0 bridgehead atoms. The quantitative estimate of drug-likeness (QED) is 0.223. The highest BCUT2D eigenvalue weighted by Gasteiger charge is 2.42. The molecule has 0 spiro atoms. The number of pyridine rings is 1. The molecule has 3 aromatic rings. The largest absolute Gasteiger partial charge is 0.490 e. The molecule has 212 valence electrons. The number of hydrogen-bond acceptors (Lipinski definition) is 6. The van der Waals surface area contributed by atoms with Gasteiger partial charge in [-0.2, -0.15) is 0 Å². The molecule has 1 atom stereocenters. The van der Waals surface area contributed by atoms with E-state index in [9.17, 15) is 9.59 Å². The summed E-state index contributed by atoms with van der Waals surface area (Å²) in [7, 11) is 0. The number of nitrogens with zero attached hydrogens (tertiary/aromatic N) is 2. The second-order valence-electron chi connectivity index (χ2n) is 11.2. The summed E-state index contributed by atoms with van der Waals surface area (Å²) >= 11 is 3.83. The maximum absolute atomic E-state index is 12.5. The van der Waals surface area contributed by atoms with Crippen LogP contribution in [0.5, 0.6) is 11.5 Å². The van der Waals surface area contributed by atoms with Gasteiger partial charge in [-0.05, 0) is 69.2 Å². The molecular weight excluding hydrogens is 572 g/mol. The number of rotatable bonds is 11. The van der Waals surface area contributed by atoms with Gasteiger partial charge in [0.25, 0.3) is 0 Å². The van der Waals surface area contributed by atoms with E-state index in [1.54, 1.807) is 19.3 Å². The summed E-state index contributed by atoms with van der Waals surface area (Å²) < 4.78 is 20.5. The SMILES string of the molecule is CCOC(=O)c1cn(N2C(c3cc(OCCC4CC4)c(OCc4ccccc4)cc3Br)CCC2(C)C)ccc1=O. The Hall–Kier alpha value is -3.26. The minimum atomic E-state index is -0.608. The molecule has 1 saturated carbocycles. The van der Waals surface area contributed by atoms with E-state index in [2.05, 4.69) is 40.9 Å². The third-order valence-electron chi connectivity index (χ3n) is 7.73. The monoisotopic (exact) mass is 608 g/mol. The van der Waals surface area contributed by atoms with Crippen LogP contribution in [-0.4, -0.2) is 29.4 Å². The van der Waals surface area contributed by atoms with Gasteiger partial charge in [0.2, 0.25) is 0 Å². The maximum atomic E-state index is 12.5. The third kappa shape index (κ3) is 6.38. The summed E-state index contributed by atoms with van der Waals surface area (Å²) in [6.07, 6.45) is 8.74. The molecule has 8 heteroatoms. The first-order chi connectivity index (χ1) is 19.3. The van der Waals surface area contributed by atoms with E-state index < -0.39 is 5.97 Å². The number of aromatic nitrogens is 1. The second kappa shape index (κ2) is 12.1. The first kappa shape index (κ1) is 28.3. The molecule has 0 radical (unpaired) electrons. The van der Waals surface area contributed by atoms with Crippen LogP contribution in [0.1, 0.15) is 80.4 Å². The summed E-state index contributed by atoms with van der Waals surface area (Å²) in [5.41, 5.74) is 1.59. The molecule has 7 nitrogen and oxygen atoms in total. The molecular formula is C32H37BrN2O5. The van der Waals surface area contributed by atoms with Crippen molar-refractivity contribution in [1.82, 2.24) is 4.68 Å². The molecule has 1 aliphatic carbocycles. The molecule has 5 rings (SSSR count). The van der Waals surface area contributed by atoms with Crippen LogP contribution in [0.4, 0.5) is 0 Å². The first-order valence-electron chi connectivity index (χ1n) is 14.1. The van der Waals surface area contributed by atoms with Crippen LogP contribution >= 0.6 is 15.9 Å². The van der Waals surface area contributed by atoms with Crippen molar-refractivity contribution in [2.24, 2.45) is 5.92 Å². The van der Waals surface area contributed by atoms with Gasteiger partial charge in [-0.15, -0.1) is 0 Å². The first-order valence-corrected chi connectivity index (χ1v) is 14.9. The minimum Gasteiger partial charge on any atom is -0.490 e. The Morgan fingerprint density at radius 2 is 1.80 bits per heavy atom. The highest BCUT2D eigenvalue weighted by molar-refractivity contribution is 9.10. The van der Waals surface area contributed by atoms with Crippen LogP contribution in [0.15, 0.2) is 70.2 Å². The number of halogens is 1. The lowest BCUT2D eigenvalue weighted by atomic mass is 10.0. The van der Waals surface area contributed by atoms with E-state index in [1.165, 1.54) is 18.9 Å². The molecule has 2 aliphatic rings. The van der Waals surface area contributed by atoms with Gasteiger partial charge in [-0.1, -0.05) is 59.1 Å². The summed E-state index contributed by atoms with van der Waals surface area (Å²) in [6.45, 7) is 7.38. The Labute approximate surface area is 244 Å². The second-order valence-corrected chi connectivity index (χ2v) is 12.1. The van der Waals surface area contributed by atoms with Gasteiger partial charge in [-0.25, -0.2) is 4.79 Å². The Kier molecular flexibility index (Phi) is 8.54. The van der Waals surface area contributed by atoms with Crippen LogP contribution in [0.25, 0.3) is 0 Å². The number of hydrogen-bond donors (Lipinski definition) is 0. The Balaban J connectivity index is 1.48. The van der Waals surface area contributed by atoms with Gasteiger partial charge in [0, 0.05) is 22.9 Å². The molecule has 1 aromatic heterocycles. The van der Waals surface area contributed by atoms with Crippen molar-refractivity contribution in [3.63, 3.8) is 0 Å². The van der Waals surface area contributed by atoms with Crippen LogP contribution in [0.2, 0.25) is 0 Å². The fourth-order valence-corrected chi connectivity index (χ4v) is 5.97. The van der Waals surface area contributed by atoms with E-state index in [0.29, 0.717) is 19.0 Å². The zero-order valence-electron chi connectivity index (χ0n) is 23.4. The molecule has 1 unspecified atom stereocenters. The molecule has 40 heavy (non-hydrogen) atoms. The zero-order chi connectivity index (χ0) is 28.3. The van der Waals surface area contributed by atoms with Crippen molar-refractivity contribution in [2.75, 3.05) is 18.2 Å². The van der Waals surface area contributed by atoms with Crippen molar-refractivity contribution < 1.29 is 19.0 Å². The Morgan fingerprint density at radius 1 is 1.05 bits per heavy atom. The van der Waals surface area contributed by atoms with E-state index in [1.807, 2.05) is 41.1 Å². The maximum Gasteiger partial charge on any atom is 0.343 e. The van der Waals surface area contributed by atoms with Crippen LogP contribution in [0.3, 0.4) is 0 Å². The predicted molar refractivity (Wildman–Crippen MR) is 159 cm³/mol. The van der Waals surface area contributed by atoms with Gasteiger partial charge in [0.1, 0.15) is 12.2 Å². The third-order valence-corrected chi connectivity index (χ3v) is 8.42. The van der Waals surface area contributed by atoms with Gasteiger partial charge >= 0.3 is 5.97 Å². The molecule has 2 aromatic carbocycles. The highest BCUT2D eigenvalue weighted by Crippen LogP contribution is 2.46. The van der Waals surface area contributed by atoms with Crippen LogP contribution in [0, 0.1) is 5.92 Å². The van der Waals surface area contributed by atoms with E-state index in [-0.39, 0.29) is 29.2 Å². The van der Waals surface area contributed by atoms with E-state index in [0.717, 1.165) is 46.5 Å². The number of ether oxygens (including phenoxy) is 3. The summed E-state index contributed by atoms with van der Waals surface area (Å²) in [6, 6.07) is 15.6. The number of esters is 1. The molecule has 0 amide bonds. The fourth-order valence-electron chi connectivity index (χ4n) is 5.39. The van der Waals surface area contributed by atoms with Crippen molar-refractivity contribution >= 4 is 21.9 Å². The zero-order valence-corrected chi connectivity index (χ0v) is 25.0. The van der Waals surface area contributed by atoms with Crippen molar-refractivity contribution in [3.05, 3.63) is 92.3 Å². The molecule has 1 aliphatic heterocycles. The Bertz CT molecular complexity index is 1400. The lowest BCUT2D eigenvalue weighted by Crippen LogP contribution is -2.48. The van der Waals surface area contributed by atoms with Crippen molar-refractivity contribution in [1.29, 1.82) is 0 Å². The normalized spacial score (nSPS) is 18.0. The lowest BCUT2D eigenvalue weighted by Gasteiger charge is -2.40. The topological polar surface area (TPSA) is 70.0 Å². The van der Waals surface area contributed by atoms with Crippen LogP contribution in [-0.2, 0) is 11.3 Å². The van der Waals surface area contributed by atoms with Gasteiger partial charge in [-0.3, -0.25) is 9.47 Å². The van der Waals surface area contributed by atoms with Crippen LogP contribution < -0.4 is 19.9 Å². The lowest BCUT2D eigenvalue weighted by molar-refractivity contribution is 0.0523. The number of carbonyl (C=O) groups excluding carboxylic acids is 1. The average Bonchev–Trinajstić information content (AvgIpc) is 3.71. The summed E-state index contributed by atoms with van der Waals surface area (Å²) in [5, 5.41) is 2.23. The number of benzene rings is 2. The van der Waals surface area contributed by atoms with Gasteiger partial charge in [0.15, 0.2) is 16.9 Å². The van der Waals surface area contributed by atoms with Gasteiger partial charge in [0.05, 0.1) is 24.8 Å².